The van der Waals surface area contributed by atoms with Crippen LogP contribution in [0.1, 0.15) is 59.2 Å². The van der Waals surface area contributed by atoms with Gasteiger partial charge in [0.2, 0.25) is 5.43 Å². The molecule has 0 bridgehead atoms. The van der Waals surface area contributed by atoms with Gasteiger partial charge in [-0.15, -0.1) is 5.06 Å². The fourth-order valence-corrected chi connectivity index (χ4v) is 4.95. The Bertz CT molecular complexity index is 1900. The second-order valence-corrected chi connectivity index (χ2v) is 10.2. The number of carbonyl (C=O) groups is 5. The molecule has 1 saturated heterocycles. The zero-order chi connectivity index (χ0) is 32.4. The molecule has 0 unspecified atom stereocenters. The maximum atomic E-state index is 14.5. The summed E-state index contributed by atoms with van der Waals surface area (Å²) in [6.45, 7) is 0.172. The number of phenols is 1. The number of carboxylic acids is 1. The van der Waals surface area contributed by atoms with Gasteiger partial charge in [0, 0.05) is 60.0 Å². The Balaban J connectivity index is 1.35. The van der Waals surface area contributed by atoms with Crippen molar-refractivity contribution in [1.29, 1.82) is 0 Å². The summed E-state index contributed by atoms with van der Waals surface area (Å²) in [4.78, 5) is 77.0. The molecule has 232 valence electrons. The Kier molecular flexibility index (Phi) is 8.57. The second-order valence-electron chi connectivity index (χ2n) is 10.2. The number of hydrogen-bond acceptors (Lipinski definition) is 9. The van der Waals surface area contributed by atoms with Crippen molar-refractivity contribution >= 4 is 40.6 Å². The number of carboxylic acid groups (broad SMARTS) is 1. The predicted octanol–water partition coefficient (Wildman–Crippen LogP) is 4.14. The van der Waals surface area contributed by atoms with E-state index in [4.69, 9.17) is 9.25 Å². The SMILES string of the molecule is O=C(CCCCCNC(=O)c1ccc(C(=O)O)c(-c2c3cc(F)c(=O)cc-3oc3cc(O)c(F)cc23)c1)ON1C(=O)CCC1=O. The van der Waals surface area contributed by atoms with Gasteiger partial charge in [-0.1, -0.05) is 6.42 Å². The first-order chi connectivity index (χ1) is 21.4. The van der Waals surface area contributed by atoms with Crippen molar-refractivity contribution in [3.05, 3.63) is 75.4 Å². The molecule has 2 heterocycles. The lowest BCUT2D eigenvalue weighted by atomic mass is 9.89. The summed E-state index contributed by atoms with van der Waals surface area (Å²) in [6.07, 6.45) is 1.21. The number of phenolic OH excluding ortho intramolecular Hbond substituents is 1. The fourth-order valence-electron chi connectivity index (χ4n) is 4.95. The van der Waals surface area contributed by atoms with Gasteiger partial charge in [0.1, 0.15) is 11.3 Å². The number of fused-ring (bicyclic) bond motifs is 2. The van der Waals surface area contributed by atoms with Gasteiger partial charge in [-0.2, -0.15) is 0 Å². The van der Waals surface area contributed by atoms with E-state index in [-0.39, 0.29) is 70.4 Å². The number of aromatic hydroxyl groups is 1. The highest BCUT2D eigenvalue weighted by Crippen LogP contribution is 2.43. The second kappa shape index (κ2) is 12.5. The van der Waals surface area contributed by atoms with Crippen LogP contribution in [0, 0.1) is 11.6 Å². The number of benzene rings is 3. The molecule has 2 aromatic carbocycles. The molecule has 3 N–H and O–H groups in total. The molecule has 0 aromatic heterocycles. The number of nitrogens with zero attached hydrogens (tertiary/aromatic N) is 1. The summed E-state index contributed by atoms with van der Waals surface area (Å²) in [6, 6.07) is 7.14. The van der Waals surface area contributed by atoms with Crippen LogP contribution in [-0.4, -0.2) is 51.5 Å². The molecular weight excluding hydrogens is 598 g/mol. The van der Waals surface area contributed by atoms with Crippen molar-refractivity contribution in [2.24, 2.45) is 0 Å². The van der Waals surface area contributed by atoms with E-state index < -0.39 is 52.5 Å². The lowest BCUT2D eigenvalue weighted by Gasteiger charge is -2.18. The van der Waals surface area contributed by atoms with E-state index in [0.29, 0.717) is 24.3 Å². The zero-order valence-corrected chi connectivity index (χ0v) is 23.4. The van der Waals surface area contributed by atoms with E-state index in [0.717, 1.165) is 30.3 Å². The van der Waals surface area contributed by atoms with Gasteiger partial charge in [0.05, 0.1) is 5.56 Å². The Morgan fingerprint density at radius 1 is 0.911 bits per heavy atom. The van der Waals surface area contributed by atoms with Crippen molar-refractivity contribution in [2.45, 2.75) is 38.5 Å². The predicted molar refractivity (Wildman–Crippen MR) is 151 cm³/mol. The molecule has 14 heteroatoms. The van der Waals surface area contributed by atoms with Crippen LogP contribution in [0.5, 0.6) is 5.75 Å². The summed E-state index contributed by atoms with van der Waals surface area (Å²) in [5.41, 5.74) is -1.65. The van der Waals surface area contributed by atoms with Crippen molar-refractivity contribution in [3.63, 3.8) is 0 Å². The molecule has 0 saturated carbocycles. The lowest BCUT2D eigenvalue weighted by molar-refractivity contribution is -0.197. The molecule has 0 radical (unpaired) electrons. The number of hydroxylamine groups is 2. The number of aromatic carboxylic acids is 1. The van der Waals surface area contributed by atoms with Crippen LogP contribution >= 0.6 is 0 Å². The average Bonchev–Trinajstić information content (AvgIpc) is 3.31. The molecular formula is C31H24F2N2O10. The Labute approximate surface area is 252 Å². The third-order valence-electron chi connectivity index (χ3n) is 7.17. The van der Waals surface area contributed by atoms with E-state index in [1.807, 2.05) is 0 Å². The number of imide groups is 1. The first-order valence-corrected chi connectivity index (χ1v) is 13.8. The van der Waals surface area contributed by atoms with Crippen LogP contribution in [0.3, 0.4) is 0 Å². The summed E-state index contributed by atoms with van der Waals surface area (Å²) >= 11 is 0. The van der Waals surface area contributed by atoms with Gasteiger partial charge in [0.15, 0.2) is 17.4 Å². The van der Waals surface area contributed by atoms with Gasteiger partial charge in [-0.3, -0.25) is 19.2 Å². The van der Waals surface area contributed by atoms with E-state index in [2.05, 4.69) is 5.32 Å². The molecule has 1 fully saturated rings. The highest BCUT2D eigenvalue weighted by Gasteiger charge is 2.32. The maximum Gasteiger partial charge on any atom is 0.336 e. The number of unbranched alkanes of at least 4 members (excludes halogenated alkanes) is 2. The van der Waals surface area contributed by atoms with Crippen LogP contribution in [0.4, 0.5) is 8.78 Å². The van der Waals surface area contributed by atoms with Crippen LogP contribution < -0.4 is 10.7 Å². The number of amides is 3. The number of halogens is 2. The Morgan fingerprint density at radius 3 is 2.36 bits per heavy atom. The number of nitrogens with one attached hydrogen (secondary N) is 1. The normalized spacial score (nSPS) is 13.1. The summed E-state index contributed by atoms with van der Waals surface area (Å²) in [5.74, 6) is -7.07. The minimum atomic E-state index is -1.41. The van der Waals surface area contributed by atoms with E-state index in [9.17, 15) is 47.8 Å². The van der Waals surface area contributed by atoms with E-state index in [1.165, 1.54) is 12.1 Å². The number of carbonyl (C=O) groups excluding carboxylic acids is 4. The fraction of sp³-hybridized carbons (Fsp3) is 0.226. The average molecular weight is 623 g/mol. The zero-order valence-electron chi connectivity index (χ0n) is 23.4. The lowest BCUT2D eigenvalue weighted by Crippen LogP contribution is -2.31. The Hall–Kier alpha value is -5.66. The standard InChI is InChI=1S/C31H24F2N2O10/c32-20-11-18-24(13-22(20)36)44-25-14-23(37)21(33)12-19(25)29(18)17-10-15(5-6-16(17)31(42)43)30(41)34-9-3-1-2-4-28(40)45-35-26(38)7-8-27(35)39/h5-6,10-14,36H,1-4,7-9H2,(H,34,41)(H,42,43). The minimum absolute atomic E-state index is 0.00932. The van der Waals surface area contributed by atoms with E-state index in [1.54, 1.807) is 0 Å². The van der Waals surface area contributed by atoms with E-state index >= 15 is 0 Å². The highest BCUT2D eigenvalue weighted by atomic mass is 19.1. The van der Waals surface area contributed by atoms with Gasteiger partial charge >= 0.3 is 11.9 Å². The van der Waals surface area contributed by atoms with Gasteiger partial charge in [0.25, 0.3) is 17.7 Å². The van der Waals surface area contributed by atoms with Crippen molar-refractivity contribution in [1.82, 2.24) is 10.4 Å². The molecule has 5 rings (SSSR count). The molecule has 12 nitrogen and oxygen atoms in total. The topological polar surface area (TPSA) is 181 Å². The quantitative estimate of drug-likeness (QED) is 0.132. The van der Waals surface area contributed by atoms with Gasteiger partial charge in [-0.25, -0.2) is 18.4 Å². The van der Waals surface area contributed by atoms with Crippen molar-refractivity contribution < 1.29 is 52.2 Å². The minimum Gasteiger partial charge on any atom is -0.505 e. The largest absolute Gasteiger partial charge is 0.505 e. The molecule has 2 aromatic rings. The summed E-state index contributed by atoms with van der Waals surface area (Å²) < 4.78 is 34.6. The number of rotatable bonds is 10. The third kappa shape index (κ3) is 6.34. The third-order valence-corrected chi connectivity index (χ3v) is 7.17. The highest BCUT2D eigenvalue weighted by molar-refractivity contribution is 6.09. The van der Waals surface area contributed by atoms with Crippen LogP contribution in [-0.2, 0) is 19.2 Å². The molecule has 1 aliphatic carbocycles. The van der Waals surface area contributed by atoms with Gasteiger partial charge < -0.3 is 24.8 Å². The molecule has 45 heavy (non-hydrogen) atoms. The monoisotopic (exact) mass is 622 g/mol. The van der Waals surface area contributed by atoms with Crippen LogP contribution in [0.15, 0.2) is 51.7 Å². The van der Waals surface area contributed by atoms with Crippen molar-refractivity contribution in [3.8, 4) is 28.2 Å². The maximum absolute atomic E-state index is 14.5. The molecule has 3 aliphatic rings. The molecule has 0 spiro atoms. The molecule has 3 amide bonds. The van der Waals surface area contributed by atoms with Crippen LogP contribution in [0.25, 0.3) is 33.4 Å². The van der Waals surface area contributed by atoms with Crippen LogP contribution in [0.2, 0.25) is 0 Å². The van der Waals surface area contributed by atoms with Crippen molar-refractivity contribution in [2.75, 3.05) is 6.54 Å². The van der Waals surface area contributed by atoms with Gasteiger partial charge in [-0.05, 0) is 48.7 Å². The first-order valence-electron chi connectivity index (χ1n) is 13.8. The first kappa shape index (κ1) is 30.8. The Morgan fingerprint density at radius 2 is 1.64 bits per heavy atom. The summed E-state index contributed by atoms with van der Waals surface area (Å²) in [7, 11) is 0. The molecule has 2 aliphatic heterocycles. The molecule has 0 atom stereocenters. The number of hydrogen-bond donors (Lipinski definition) is 3. The summed E-state index contributed by atoms with van der Waals surface area (Å²) in [5, 5.41) is 22.9. The smallest absolute Gasteiger partial charge is 0.336 e.